The molecule has 0 saturated carbocycles. The molecule has 5 heteroatoms. The van der Waals surface area contributed by atoms with Gasteiger partial charge in [0.25, 0.3) is 5.91 Å². The second-order valence-electron chi connectivity index (χ2n) is 6.71. The Morgan fingerprint density at radius 1 is 0.867 bits per heavy atom. The van der Waals surface area contributed by atoms with Gasteiger partial charge < -0.3 is 9.73 Å². The molecule has 0 spiro atoms. The van der Waals surface area contributed by atoms with E-state index in [9.17, 15) is 4.79 Å². The first kappa shape index (κ1) is 19.2. The van der Waals surface area contributed by atoms with E-state index in [1.165, 1.54) is 5.56 Å². The van der Waals surface area contributed by atoms with Crippen LogP contribution in [0, 0.1) is 18.8 Å². The number of benzene rings is 3. The average Bonchev–Trinajstić information content (AvgIpc) is 3.28. The van der Waals surface area contributed by atoms with E-state index in [0.29, 0.717) is 17.3 Å². The van der Waals surface area contributed by atoms with E-state index in [-0.39, 0.29) is 12.5 Å². The lowest BCUT2D eigenvalue weighted by molar-refractivity contribution is 0.0958. The van der Waals surface area contributed by atoms with Gasteiger partial charge in [-0.3, -0.25) is 4.79 Å². The highest BCUT2D eigenvalue weighted by Gasteiger charge is 2.11. The number of aromatic nitrogens is 2. The summed E-state index contributed by atoms with van der Waals surface area (Å²) >= 11 is 0. The Balaban J connectivity index is 1.39. The molecule has 30 heavy (non-hydrogen) atoms. The Hall–Kier alpha value is -4.17. The van der Waals surface area contributed by atoms with Crippen molar-refractivity contribution in [3.05, 3.63) is 95.6 Å². The molecule has 0 aliphatic carbocycles. The summed E-state index contributed by atoms with van der Waals surface area (Å²) in [6.07, 6.45) is 0. The van der Waals surface area contributed by atoms with Gasteiger partial charge in [0.1, 0.15) is 0 Å². The molecule has 1 amide bonds. The quantitative estimate of drug-likeness (QED) is 0.519. The van der Waals surface area contributed by atoms with Crippen molar-refractivity contribution in [1.82, 2.24) is 15.5 Å². The van der Waals surface area contributed by atoms with Crippen LogP contribution in [0.4, 0.5) is 0 Å². The van der Waals surface area contributed by atoms with Gasteiger partial charge in [-0.25, -0.2) is 0 Å². The fraction of sp³-hybridized carbons (Fsp3) is 0.0800. The number of hydrogen-bond acceptors (Lipinski definition) is 4. The van der Waals surface area contributed by atoms with E-state index in [2.05, 4.69) is 27.4 Å². The van der Waals surface area contributed by atoms with Gasteiger partial charge in [0.15, 0.2) is 0 Å². The summed E-state index contributed by atoms with van der Waals surface area (Å²) in [4.78, 5) is 12.3. The van der Waals surface area contributed by atoms with Crippen LogP contribution in [-0.4, -0.2) is 22.6 Å². The molecule has 0 saturated heterocycles. The van der Waals surface area contributed by atoms with Gasteiger partial charge in [0.05, 0.1) is 6.54 Å². The van der Waals surface area contributed by atoms with Crippen molar-refractivity contribution in [2.45, 2.75) is 6.92 Å². The van der Waals surface area contributed by atoms with Gasteiger partial charge in [-0.1, -0.05) is 47.7 Å². The van der Waals surface area contributed by atoms with E-state index >= 15 is 0 Å². The third-order valence-corrected chi connectivity index (χ3v) is 4.46. The van der Waals surface area contributed by atoms with Gasteiger partial charge in [-0.15, -0.1) is 10.2 Å². The zero-order valence-electron chi connectivity index (χ0n) is 16.4. The van der Waals surface area contributed by atoms with E-state index in [4.69, 9.17) is 4.42 Å². The average molecular weight is 393 g/mol. The third kappa shape index (κ3) is 4.62. The van der Waals surface area contributed by atoms with Crippen molar-refractivity contribution >= 4 is 5.91 Å². The van der Waals surface area contributed by atoms with Crippen LogP contribution < -0.4 is 5.32 Å². The van der Waals surface area contributed by atoms with Gasteiger partial charge in [-0.05, 0) is 55.5 Å². The highest BCUT2D eigenvalue weighted by atomic mass is 16.4. The van der Waals surface area contributed by atoms with E-state index in [0.717, 1.165) is 16.7 Å². The first-order valence-corrected chi connectivity index (χ1v) is 9.52. The zero-order chi connectivity index (χ0) is 20.8. The predicted octanol–water partition coefficient (Wildman–Crippen LogP) is 4.49. The van der Waals surface area contributed by atoms with E-state index < -0.39 is 0 Å². The van der Waals surface area contributed by atoms with Crippen LogP contribution in [-0.2, 0) is 0 Å². The minimum Gasteiger partial charge on any atom is -0.416 e. The molecule has 4 rings (SSSR count). The number of rotatable bonds is 4. The minimum atomic E-state index is -0.185. The number of carbonyl (C=O) groups is 1. The van der Waals surface area contributed by atoms with Crippen molar-refractivity contribution in [3.8, 4) is 34.7 Å². The first-order valence-electron chi connectivity index (χ1n) is 9.52. The molecule has 0 aliphatic heterocycles. The molecule has 1 heterocycles. The monoisotopic (exact) mass is 393 g/mol. The van der Waals surface area contributed by atoms with Gasteiger partial charge in [0, 0.05) is 22.3 Å². The standard InChI is InChI=1S/C25H19N3O2/c1-18-9-11-21(12-10-18)24-27-28-25(30-24)22-15-13-20(14-16-22)23(29)26-17-5-8-19-6-3-2-4-7-19/h2-4,6-7,9-16H,17H2,1H3,(H,26,29). The van der Waals surface area contributed by atoms with Crippen molar-refractivity contribution < 1.29 is 9.21 Å². The number of hydrogen-bond donors (Lipinski definition) is 1. The van der Waals surface area contributed by atoms with Crippen molar-refractivity contribution in [1.29, 1.82) is 0 Å². The number of aryl methyl sites for hydroxylation is 1. The van der Waals surface area contributed by atoms with Crippen LogP contribution in [0.25, 0.3) is 22.9 Å². The summed E-state index contributed by atoms with van der Waals surface area (Å²) in [6, 6.07) is 24.6. The van der Waals surface area contributed by atoms with Crippen molar-refractivity contribution in [2.24, 2.45) is 0 Å². The molecular formula is C25H19N3O2. The van der Waals surface area contributed by atoms with Gasteiger partial charge in [0.2, 0.25) is 11.8 Å². The minimum absolute atomic E-state index is 0.185. The van der Waals surface area contributed by atoms with Gasteiger partial charge >= 0.3 is 0 Å². The molecular weight excluding hydrogens is 374 g/mol. The SMILES string of the molecule is Cc1ccc(-c2nnc(-c3ccc(C(=O)NCC#Cc4ccccc4)cc3)o2)cc1. The lowest BCUT2D eigenvalue weighted by Crippen LogP contribution is -2.23. The largest absolute Gasteiger partial charge is 0.416 e. The van der Waals surface area contributed by atoms with Crippen LogP contribution in [0.3, 0.4) is 0 Å². The molecule has 1 N–H and O–H groups in total. The normalized spacial score (nSPS) is 10.2. The maximum Gasteiger partial charge on any atom is 0.252 e. The second-order valence-corrected chi connectivity index (χ2v) is 6.71. The van der Waals surface area contributed by atoms with E-state index in [1.807, 2.05) is 61.5 Å². The Labute approximate surface area is 174 Å². The van der Waals surface area contributed by atoms with Crippen LogP contribution >= 0.6 is 0 Å². The molecule has 0 unspecified atom stereocenters. The summed E-state index contributed by atoms with van der Waals surface area (Å²) in [5, 5.41) is 11.0. The highest BCUT2D eigenvalue weighted by Crippen LogP contribution is 2.24. The molecule has 0 bridgehead atoms. The Morgan fingerprint density at radius 2 is 1.47 bits per heavy atom. The summed E-state index contributed by atoms with van der Waals surface area (Å²) in [6.45, 7) is 2.30. The number of carbonyl (C=O) groups excluding carboxylic acids is 1. The summed E-state index contributed by atoms with van der Waals surface area (Å²) in [5.41, 5.74) is 4.24. The molecule has 5 nitrogen and oxygen atoms in total. The first-order chi connectivity index (χ1) is 14.7. The predicted molar refractivity (Wildman–Crippen MR) is 116 cm³/mol. The molecule has 0 atom stereocenters. The molecule has 0 aliphatic rings. The Kier molecular flexibility index (Phi) is 5.68. The molecule has 146 valence electrons. The van der Waals surface area contributed by atoms with Crippen molar-refractivity contribution in [2.75, 3.05) is 6.54 Å². The smallest absolute Gasteiger partial charge is 0.252 e. The third-order valence-electron chi connectivity index (χ3n) is 4.46. The van der Waals surface area contributed by atoms with Crippen LogP contribution in [0.15, 0.2) is 83.3 Å². The summed E-state index contributed by atoms with van der Waals surface area (Å²) in [7, 11) is 0. The van der Waals surface area contributed by atoms with E-state index in [1.54, 1.807) is 24.3 Å². The van der Waals surface area contributed by atoms with Crippen LogP contribution in [0.5, 0.6) is 0 Å². The van der Waals surface area contributed by atoms with Crippen LogP contribution in [0.2, 0.25) is 0 Å². The van der Waals surface area contributed by atoms with Crippen LogP contribution in [0.1, 0.15) is 21.5 Å². The Bertz CT molecular complexity index is 1200. The fourth-order valence-corrected chi connectivity index (χ4v) is 2.81. The summed E-state index contributed by atoms with van der Waals surface area (Å²) in [5.74, 6) is 6.64. The molecule has 1 aromatic heterocycles. The maximum absolute atomic E-state index is 12.3. The number of nitrogens with one attached hydrogen (secondary N) is 1. The summed E-state index contributed by atoms with van der Waals surface area (Å²) < 4.78 is 5.78. The fourth-order valence-electron chi connectivity index (χ4n) is 2.81. The van der Waals surface area contributed by atoms with Gasteiger partial charge in [-0.2, -0.15) is 0 Å². The topological polar surface area (TPSA) is 68.0 Å². The molecule has 0 radical (unpaired) electrons. The second kappa shape index (κ2) is 8.89. The lowest BCUT2D eigenvalue weighted by atomic mass is 10.1. The number of nitrogens with zero attached hydrogens (tertiary/aromatic N) is 2. The van der Waals surface area contributed by atoms with Crippen molar-refractivity contribution in [3.63, 3.8) is 0 Å². The number of amides is 1. The molecule has 0 fully saturated rings. The molecule has 4 aromatic rings. The Morgan fingerprint density at radius 3 is 2.10 bits per heavy atom. The maximum atomic E-state index is 12.3. The lowest BCUT2D eigenvalue weighted by Gasteiger charge is -2.02. The highest BCUT2D eigenvalue weighted by molar-refractivity contribution is 5.94. The molecule has 3 aromatic carbocycles. The zero-order valence-corrected chi connectivity index (χ0v) is 16.4.